The molecule has 0 spiro atoms. The highest BCUT2D eigenvalue weighted by atomic mass is 16.5. The molecule has 1 aromatic heterocycles. The van der Waals surface area contributed by atoms with E-state index in [-0.39, 0.29) is 11.8 Å². The second kappa shape index (κ2) is 6.36. The minimum Gasteiger partial charge on any atom is -0.475 e. The predicted molar refractivity (Wildman–Crippen MR) is 72.3 cm³/mol. The number of pyridine rings is 1. The number of aliphatic imine (C=N–C) groups is 1. The molecule has 1 rings (SSSR count). The van der Waals surface area contributed by atoms with Crippen LogP contribution in [0.25, 0.3) is 5.57 Å². The summed E-state index contributed by atoms with van der Waals surface area (Å²) in [5.41, 5.74) is 1.62. The molecule has 4 heteroatoms. The first kappa shape index (κ1) is 13.7. The number of ether oxygens (including phenoxy) is 1. The minimum absolute atomic E-state index is 0.0899. The van der Waals surface area contributed by atoms with Gasteiger partial charge >= 0.3 is 0 Å². The molecule has 0 fully saturated rings. The van der Waals surface area contributed by atoms with Gasteiger partial charge in [-0.25, -0.2) is 9.98 Å². The molecule has 4 nitrogen and oxygen atoms in total. The van der Waals surface area contributed by atoms with Gasteiger partial charge in [-0.3, -0.25) is 0 Å². The van der Waals surface area contributed by atoms with Crippen molar-refractivity contribution in [1.29, 1.82) is 5.26 Å². The van der Waals surface area contributed by atoms with Gasteiger partial charge in [0.1, 0.15) is 11.8 Å². The monoisotopic (exact) mass is 241 g/mol. The smallest absolute Gasteiger partial charge is 0.213 e. The zero-order valence-corrected chi connectivity index (χ0v) is 10.6. The van der Waals surface area contributed by atoms with E-state index in [1.165, 1.54) is 6.21 Å². The van der Waals surface area contributed by atoms with E-state index in [2.05, 4.69) is 23.1 Å². The number of hydrogen-bond donors (Lipinski definition) is 0. The Morgan fingerprint density at radius 3 is 2.72 bits per heavy atom. The van der Waals surface area contributed by atoms with Crippen molar-refractivity contribution in [3.05, 3.63) is 42.7 Å². The van der Waals surface area contributed by atoms with Crippen LogP contribution in [0.3, 0.4) is 0 Å². The van der Waals surface area contributed by atoms with Crippen molar-refractivity contribution in [3.63, 3.8) is 0 Å². The SMILES string of the molecule is C=C(C#N)N=CC(=C)c1ccc(OC(C)C)nc1. The zero-order chi connectivity index (χ0) is 13.5. The van der Waals surface area contributed by atoms with Crippen molar-refractivity contribution in [1.82, 2.24) is 4.98 Å². The summed E-state index contributed by atoms with van der Waals surface area (Å²) in [6, 6.07) is 5.45. The molecule has 18 heavy (non-hydrogen) atoms. The maximum absolute atomic E-state index is 8.52. The fraction of sp³-hybridized carbons (Fsp3) is 0.214. The molecule has 0 amide bonds. The lowest BCUT2D eigenvalue weighted by Crippen LogP contribution is -2.06. The van der Waals surface area contributed by atoms with Crippen LogP contribution in [0.1, 0.15) is 19.4 Å². The van der Waals surface area contributed by atoms with E-state index < -0.39 is 0 Å². The summed E-state index contributed by atoms with van der Waals surface area (Å²) in [5, 5.41) is 8.52. The van der Waals surface area contributed by atoms with Crippen molar-refractivity contribution in [2.24, 2.45) is 4.99 Å². The fourth-order valence-electron chi connectivity index (χ4n) is 1.14. The second-order valence-corrected chi connectivity index (χ2v) is 3.89. The number of aromatic nitrogens is 1. The average molecular weight is 241 g/mol. The molecule has 0 atom stereocenters. The van der Waals surface area contributed by atoms with Crippen LogP contribution in [-0.2, 0) is 0 Å². The van der Waals surface area contributed by atoms with Gasteiger partial charge in [0.25, 0.3) is 0 Å². The van der Waals surface area contributed by atoms with Crippen LogP contribution in [-0.4, -0.2) is 17.3 Å². The number of hydrogen-bond acceptors (Lipinski definition) is 4. The van der Waals surface area contributed by atoms with E-state index in [4.69, 9.17) is 10.00 Å². The molecule has 0 aromatic carbocycles. The molecule has 92 valence electrons. The lowest BCUT2D eigenvalue weighted by molar-refractivity contribution is 0.232. The van der Waals surface area contributed by atoms with E-state index in [0.29, 0.717) is 11.5 Å². The first-order chi connectivity index (χ1) is 8.52. The third-order valence-electron chi connectivity index (χ3n) is 1.97. The summed E-state index contributed by atoms with van der Waals surface area (Å²) in [5.74, 6) is 0.569. The van der Waals surface area contributed by atoms with E-state index in [9.17, 15) is 0 Å². The first-order valence-corrected chi connectivity index (χ1v) is 5.48. The van der Waals surface area contributed by atoms with Crippen LogP contribution in [0, 0.1) is 11.3 Å². The van der Waals surface area contributed by atoms with Crippen molar-refractivity contribution in [2.45, 2.75) is 20.0 Å². The number of rotatable bonds is 5. The van der Waals surface area contributed by atoms with Crippen LogP contribution in [0.15, 0.2) is 42.2 Å². The maximum atomic E-state index is 8.52. The fourth-order valence-corrected chi connectivity index (χ4v) is 1.14. The standard InChI is InChI=1S/C14H15N3O/c1-10(2)18-14-6-5-13(9-17-14)11(3)8-16-12(4)7-15/h5-6,8-10H,3-4H2,1-2H3. The summed E-state index contributed by atoms with van der Waals surface area (Å²) < 4.78 is 5.43. The number of allylic oxidation sites excluding steroid dienone is 2. The summed E-state index contributed by atoms with van der Waals surface area (Å²) in [6.07, 6.45) is 3.24. The Labute approximate surface area is 107 Å². The highest BCUT2D eigenvalue weighted by molar-refractivity contribution is 6.09. The molecule has 0 aliphatic rings. The molecule has 1 heterocycles. The van der Waals surface area contributed by atoms with Gasteiger partial charge in [-0.15, -0.1) is 0 Å². The summed E-state index contributed by atoms with van der Waals surface area (Å²) in [7, 11) is 0. The first-order valence-electron chi connectivity index (χ1n) is 5.48. The van der Waals surface area contributed by atoms with Gasteiger partial charge in [-0.1, -0.05) is 13.2 Å². The quantitative estimate of drug-likeness (QED) is 0.588. The maximum Gasteiger partial charge on any atom is 0.213 e. The molecule has 0 radical (unpaired) electrons. The largest absolute Gasteiger partial charge is 0.475 e. The van der Waals surface area contributed by atoms with Gasteiger partial charge in [0.15, 0.2) is 0 Å². The van der Waals surface area contributed by atoms with E-state index in [0.717, 1.165) is 5.56 Å². The summed E-state index contributed by atoms with van der Waals surface area (Å²) in [6.45, 7) is 11.2. The molecular formula is C14H15N3O. The zero-order valence-electron chi connectivity index (χ0n) is 10.6. The van der Waals surface area contributed by atoms with Gasteiger partial charge in [0.05, 0.1) is 6.10 Å². The second-order valence-electron chi connectivity index (χ2n) is 3.89. The van der Waals surface area contributed by atoms with Crippen molar-refractivity contribution in [3.8, 4) is 11.9 Å². The van der Waals surface area contributed by atoms with Crippen molar-refractivity contribution in [2.75, 3.05) is 0 Å². The Hall–Kier alpha value is -2.41. The number of nitriles is 1. The van der Waals surface area contributed by atoms with Gasteiger partial charge < -0.3 is 4.74 Å². The van der Waals surface area contributed by atoms with E-state index in [1.54, 1.807) is 12.3 Å². The van der Waals surface area contributed by atoms with Gasteiger partial charge in [0, 0.05) is 24.0 Å². The molecule has 0 saturated heterocycles. The Morgan fingerprint density at radius 1 is 1.50 bits per heavy atom. The Bertz CT molecular complexity index is 507. The van der Waals surface area contributed by atoms with E-state index in [1.807, 2.05) is 26.0 Å². The lowest BCUT2D eigenvalue weighted by Gasteiger charge is -2.08. The molecule has 0 bridgehead atoms. The van der Waals surface area contributed by atoms with Gasteiger partial charge in [0.2, 0.25) is 5.88 Å². The molecular weight excluding hydrogens is 226 g/mol. The van der Waals surface area contributed by atoms with Crippen LogP contribution in [0.2, 0.25) is 0 Å². The third kappa shape index (κ3) is 4.22. The van der Waals surface area contributed by atoms with E-state index >= 15 is 0 Å². The topological polar surface area (TPSA) is 58.3 Å². The molecule has 0 unspecified atom stereocenters. The van der Waals surface area contributed by atoms with Crippen molar-refractivity contribution < 1.29 is 4.74 Å². The highest BCUT2D eigenvalue weighted by Crippen LogP contribution is 2.14. The van der Waals surface area contributed by atoms with Gasteiger partial charge in [-0.2, -0.15) is 5.26 Å². The molecule has 0 saturated carbocycles. The number of nitrogens with zero attached hydrogens (tertiary/aromatic N) is 3. The highest BCUT2D eigenvalue weighted by Gasteiger charge is 2.01. The van der Waals surface area contributed by atoms with Crippen molar-refractivity contribution >= 4 is 11.8 Å². The Balaban J connectivity index is 2.74. The van der Waals surface area contributed by atoms with Crippen LogP contribution in [0.4, 0.5) is 0 Å². The van der Waals surface area contributed by atoms with Crippen LogP contribution >= 0.6 is 0 Å². The third-order valence-corrected chi connectivity index (χ3v) is 1.97. The molecule has 0 aliphatic carbocycles. The lowest BCUT2D eigenvalue weighted by atomic mass is 10.1. The van der Waals surface area contributed by atoms with Gasteiger partial charge in [-0.05, 0) is 25.5 Å². The predicted octanol–water partition coefficient (Wildman–Crippen LogP) is 2.99. The molecule has 0 N–H and O–H groups in total. The Kier molecular flexibility index (Phi) is 4.82. The summed E-state index contributed by atoms with van der Waals surface area (Å²) >= 11 is 0. The van der Waals surface area contributed by atoms with Crippen LogP contribution in [0.5, 0.6) is 5.88 Å². The van der Waals surface area contributed by atoms with Crippen LogP contribution < -0.4 is 4.74 Å². The molecule has 1 aromatic rings. The normalized spacial score (nSPS) is 10.3. The Morgan fingerprint density at radius 2 is 2.22 bits per heavy atom. The molecule has 0 aliphatic heterocycles. The average Bonchev–Trinajstić information content (AvgIpc) is 2.35. The minimum atomic E-state index is 0.0899. The summed E-state index contributed by atoms with van der Waals surface area (Å²) in [4.78, 5) is 8.01.